The normalized spacial score (nSPS) is 18.6. The predicted octanol–water partition coefficient (Wildman–Crippen LogP) is 6.02. The number of anilines is 1. The van der Waals surface area contributed by atoms with E-state index in [4.69, 9.17) is 14.2 Å². The molecule has 2 heterocycles. The minimum absolute atomic E-state index is 0.0277. The Morgan fingerprint density at radius 3 is 2.08 bits per heavy atom. The van der Waals surface area contributed by atoms with E-state index in [9.17, 15) is 38.4 Å². The van der Waals surface area contributed by atoms with Crippen LogP contribution in [0.5, 0.6) is 0 Å². The third-order valence-corrected chi connectivity index (χ3v) is 15.9. The number of allylic oxidation sites excluding steroid dienone is 3. The number of ether oxygens (including phenoxy) is 3. The van der Waals surface area contributed by atoms with Gasteiger partial charge in [-0.05, 0) is 93.9 Å². The summed E-state index contributed by atoms with van der Waals surface area (Å²) >= 11 is 0. The van der Waals surface area contributed by atoms with Gasteiger partial charge in [-0.1, -0.05) is 97.2 Å². The first-order chi connectivity index (χ1) is 36.6. The molecule has 0 saturated carbocycles. The Kier molecular flexibility index (Phi) is 25.7. The molecule has 2 N–H and O–H groups in total. The summed E-state index contributed by atoms with van der Waals surface area (Å²) in [6.45, 7) is 14.9. The number of carbonyl (C=O) groups is 8. The number of carbonyl (C=O) groups excluding carboxylic acids is 8. The highest BCUT2D eigenvalue weighted by atomic mass is 16.5. The number of esters is 1. The number of unbranched alkanes of at least 4 members (excludes halogenated alkanes) is 2. The zero-order valence-electron chi connectivity index (χ0n) is 48.4. The fourth-order valence-electron chi connectivity index (χ4n) is 11.0. The number of amides is 7. The minimum Gasteiger partial charge on any atom is -0.467 e. The lowest BCUT2D eigenvalue weighted by Crippen LogP contribution is -2.60. The van der Waals surface area contributed by atoms with Crippen molar-refractivity contribution in [1.29, 1.82) is 0 Å². The molecule has 428 valence electrons. The average Bonchev–Trinajstić information content (AvgIpc) is 4.03. The van der Waals surface area contributed by atoms with Crippen LogP contribution in [0.4, 0.5) is 5.69 Å². The Hall–Kier alpha value is -5.72. The first kappa shape index (κ1) is 63.8. The van der Waals surface area contributed by atoms with E-state index in [2.05, 4.69) is 16.7 Å². The van der Waals surface area contributed by atoms with Gasteiger partial charge in [0, 0.05) is 72.2 Å². The molecule has 0 radical (unpaired) electrons. The van der Waals surface area contributed by atoms with Gasteiger partial charge in [-0.2, -0.15) is 0 Å². The number of likely N-dealkylation sites (N-methyl/N-ethyl adjacent to an activating group) is 2. The maximum absolute atomic E-state index is 14.8. The van der Waals surface area contributed by atoms with Crippen LogP contribution < -0.4 is 15.5 Å². The van der Waals surface area contributed by atoms with Gasteiger partial charge in [-0.15, -0.1) is 0 Å². The van der Waals surface area contributed by atoms with Gasteiger partial charge in [0.05, 0.1) is 49.8 Å². The van der Waals surface area contributed by atoms with Crippen molar-refractivity contribution >= 4 is 53.0 Å². The SMILES string of the molecule is CCC(C)C(C(CC(=O)N1CCCC1C(OC)C(C)C(=O)NC(CC1=CC=CCC1)C(=O)OC)OC)N(C)C(=O)C(NC(=O)C(C(C)C)N(C)CCc1ccc(N(C)C(=O)CCCCCN2C(=O)C=CC2=O)cc1)C(C)C. The molecule has 18 heteroatoms. The molecule has 7 amide bonds. The van der Waals surface area contributed by atoms with Crippen molar-refractivity contribution in [1.82, 2.24) is 30.2 Å². The van der Waals surface area contributed by atoms with Crippen molar-refractivity contribution in [3.05, 3.63) is 65.8 Å². The van der Waals surface area contributed by atoms with E-state index in [1.807, 2.05) is 89.9 Å². The van der Waals surface area contributed by atoms with Crippen LogP contribution in [-0.4, -0.2) is 171 Å². The molecule has 9 unspecified atom stereocenters. The Bertz CT molecular complexity index is 2250. The van der Waals surface area contributed by atoms with Crippen molar-refractivity contribution < 1.29 is 52.6 Å². The molecule has 77 heavy (non-hydrogen) atoms. The largest absolute Gasteiger partial charge is 0.467 e. The first-order valence-electron chi connectivity index (χ1n) is 27.8. The number of methoxy groups -OCH3 is 3. The van der Waals surface area contributed by atoms with Crippen LogP contribution in [0, 0.1) is 23.7 Å². The summed E-state index contributed by atoms with van der Waals surface area (Å²) in [6, 6.07) is 4.54. The van der Waals surface area contributed by atoms with Crippen molar-refractivity contribution in [3.8, 4) is 0 Å². The number of nitrogens with zero attached hydrogens (tertiary/aromatic N) is 5. The Morgan fingerprint density at radius 2 is 1.51 bits per heavy atom. The van der Waals surface area contributed by atoms with E-state index >= 15 is 0 Å². The lowest BCUT2D eigenvalue weighted by molar-refractivity contribution is -0.149. The van der Waals surface area contributed by atoms with E-state index < -0.39 is 54.3 Å². The molecule has 4 rings (SSSR count). The molecule has 1 aliphatic carbocycles. The highest BCUT2D eigenvalue weighted by Gasteiger charge is 2.44. The predicted molar refractivity (Wildman–Crippen MR) is 297 cm³/mol. The van der Waals surface area contributed by atoms with Gasteiger partial charge >= 0.3 is 5.97 Å². The van der Waals surface area contributed by atoms with Crippen molar-refractivity contribution in [3.63, 3.8) is 0 Å². The molecule has 3 aliphatic rings. The molecule has 0 bridgehead atoms. The third-order valence-electron chi connectivity index (χ3n) is 15.9. The third kappa shape index (κ3) is 17.6. The summed E-state index contributed by atoms with van der Waals surface area (Å²) in [5, 5.41) is 6.03. The molecule has 1 aromatic carbocycles. The second-order valence-electron chi connectivity index (χ2n) is 21.9. The van der Waals surface area contributed by atoms with E-state index in [0.29, 0.717) is 77.4 Å². The van der Waals surface area contributed by atoms with E-state index in [0.717, 1.165) is 29.7 Å². The van der Waals surface area contributed by atoms with E-state index in [1.54, 1.807) is 42.8 Å². The Balaban J connectivity index is 1.37. The van der Waals surface area contributed by atoms with Gasteiger partial charge in [-0.25, -0.2) is 4.79 Å². The fourth-order valence-corrected chi connectivity index (χ4v) is 11.0. The van der Waals surface area contributed by atoms with Crippen LogP contribution in [0.15, 0.2) is 60.2 Å². The summed E-state index contributed by atoms with van der Waals surface area (Å²) in [7, 11) is 9.75. The van der Waals surface area contributed by atoms with Crippen LogP contribution >= 0.6 is 0 Å². The molecule has 1 fully saturated rings. The molecule has 18 nitrogen and oxygen atoms in total. The van der Waals surface area contributed by atoms with Gasteiger partial charge in [0.1, 0.15) is 12.1 Å². The molecular weight excluding hydrogens is 983 g/mol. The van der Waals surface area contributed by atoms with Gasteiger partial charge in [0.25, 0.3) is 11.8 Å². The summed E-state index contributed by atoms with van der Waals surface area (Å²) < 4.78 is 17.2. The first-order valence-corrected chi connectivity index (χ1v) is 27.8. The number of rotatable bonds is 31. The van der Waals surface area contributed by atoms with Gasteiger partial charge < -0.3 is 39.5 Å². The smallest absolute Gasteiger partial charge is 0.328 e. The molecule has 1 aromatic rings. The fraction of sp³-hybridized carbons (Fsp3) is 0.661. The lowest BCUT2D eigenvalue weighted by Gasteiger charge is -2.41. The maximum atomic E-state index is 14.8. The van der Waals surface area contributed by atoms with Crippen molar-refractivity contribution in [2.24, 2.45) is 23.7 Å². The van der Waals surface area contributed by atoms with Gasteiger partial charge in [-0.3, -0.25) is 43.4 Å². The molecular formula is C59H91N7O11. The molecule has 1 saturated heterocycles. The number of imide groups is 1. The molecule has 0 aromatic heterocycles. The van der Waals surface area contributed by atoms with Crippen molar-refractivity contribution in [2.75, 3.05) is 67.0 Å². The Labute approximate surface area is 458 Å². The minimum atomic E-state index is -0.869. The average molecular weight is 1070 g/mol. The second-order valence-corrected chi connectivity index (χ2v) is 21.9. The Morgan fingerprint density at radius 1 is 0.831 bits per heavy atom. The highest BCUT2D eigenvalue weighted by molar-refractivity contribution is 6.12. The second kappa shape index (κ2) is 31.0. The molecule has 0 spiro atoms. The van der Waals surface area contributed by atoms with Crippen LogP contribution in [-0.2, 0) is 59.0 Å². The number of nitrogens with one attached hydrogen (secondary N) is 2. The molecule has 2 aliphatic heterocycles. The number of benzene rings is 1. The van der Waals surface area contributed by atoms with Gasteiger partial charge in [0.15, 0.2) is 0 Å². The zero-order valence-corrected chi connectivity index (χ0v) is 48.4. The topological polar surface area (TPSA) is 205 Å². The molecule has 9 atom stereocenters. The quantitative estimate of drug-likeness (QED) is 0.0498. The van der Waals surface area contributed by atoms with E-state index in [-0.39, 0.29) is 65.5 Å². The monoisotopic (exact) mass is 1070 g/mol. The van der Waals surface area contributed by atoms with Crippen LogP contribution in [0.2, 0.25) is 0 Å². The van der Waals surface area contributed by atoms with Gasteiger partial charge in [0.2, 0.25) is 29.5 Å². The summed E-state index contributed by atoms with van der Waals surface area (Å²) in [5.41, 5.74) is 2.84. The lowest BCUT2D eigenvalue weighted by atomic mass is 9.89. The summed E-state index contributed by atoms with van der Waals surface area (Å²) in [6.07, 6.45) is 14.1. The van der Waals surface area contributed by atoms with Crippen LogP contribution in [0.1, 0.15) is 125 Å². The summed E-state index contributed by atoms with van der Waals surface area (Å²) in [4.78, 5) is 115. The maximum Gasteiger partial charge on any atom is 0.328 e. The number of hydrogen-bond donors (Lipinski definition) is 2. The highest BCUT2D eigenvalue weighted by Crippen LogP contribution is 2.30. The van der Waals surface area contributed by atoms with Crippen LogP contribution in [0.3, 0.4) is 0 Å². The number of hydrogen-bond acceptors (Lipinski definition) is 12. The van der Waals surface area contributed by atoms with Crippen molar-refractivity contribution in [2.45, 2.75) is 168 Å². The number of likely N-dealkylation sites (tertiary alicyclic amines) is 1. The standard InChI is InChI=1S/C59H91N7O11/c1-14-40(6)54(47(75-11)37-51(70)65-34-21-24-46(65)55(76-12)41(7)56(71)60-45(59(74)77-13)36-43-22-17-15-18-23-43)64(10)58(73)52(38(2)3)61-57(72)53(39(4)5)62(8)35-32-42-26-28-44(29-27-42)63(9)48(67)25-19-16-20-33-66-49(68)30-31-50(66)69/h15,17,22,26-31,38-41,45-47,52-55H,14,16,18-21,23-25,32-37H2,1-13H3,(H,60,71)(H,61,72). The summed E-state index contributed by atoms with van der Waals surface area (Å²) in [5.74, 6) is -3.43. The van der Waals surface area contributed by atoms with Crippen LogP contribution in [0.25, 0.3) is 0 Å². The van der Waals surface area contributed by atoms with E-state index in [1.165, 1.54) is 31.3 Å². The zero-order chi connectivity index (χ0) is 57.1.